The van der Waals surface area contributed by atoms with Crippen LogP contribution in [0.4, 0.5) is 23.8 Å². The lowest BCUT2D eigenvalue weighted by Crippen LogP contribution is -2.41. The SMILES string of the molecule is CNC(=O)NC(=O)COC(=O)C1CCN(c2ccc3nnc(C(F)(F)F)n3n2)CC1. The summed E-state index contributed by atoms with van der Waals surface area (Å²) in [5.74, 6) is -2.73. The van der Waals surface area contributed by atoms with Crippen LogP contribution in [0.5, 0.6) is 0 Å². The van der Waals surface area contributed by atoms with Crippen LogP contribution in [0.2, 0.25) is 0 Å². The van der Waals surface area contributed by atoms with Crippen LogP contribution in [0.25, 0.3) is 5.65 Å². The number of carbonyl (C=O) groups is 3. The highest BCUT2D eigenvalue weighted by Crippen LogP contribution is 2.28. The Morgan fingerprint density at radius 3 is 2.53 bits per heavy atom. The van der Waals surface area contributed by atoms with E-state index in [9.17, 15) is 27.6 Å². The summed E-state index contributed by atoms with van der Waals surface area (Å²) >= 11 is 0. The molecule has 0 aromatic carbocycles. The van der Waals surface area contributed by atoms with Crippen LogP contribution < -0.4 is 15.5 Å². The number of hydrogen-bond donors (Lipinski definition) is 2. The number of alkyl halides is 3. The molecule has 2 N–H and O–H groups in total. The van der Waals surface area contributed by atoms with Crippen molar-refractivity contribution in [3.8, 4) is 0 Å². The molecule has 14 heteroatoms. The first-order valence-electron chi connectivity index (χ1n) is 8.92. The Morgan fingerprint density at radius 2 is 1.90 bits per heavy atom. The summed E-state index contributed by atoms with van der Waals surface area (Å²) in [5.41, 5.74) is -0.0282. The van der Waals surface area contributed by atoms with E-state index in [2.05, 4.69) is 20.6 Å². The van der Waals surface area contributed by atoms with E-state index in [1.165, 1.54) is 19.2 Å². The number of esters is 1. The van der Waals surface area contributed by atoms with Crippen molar-refractivity contribution in [1.82, 2.24) is 30.4 Å². The molecule has 2 aromatic rings. The topological polar surface area (TPSA) is 131 Å². The lowest BCUT2D eigenvalue weighted by molar-refractivity contribution is -0.153. The monoisotopic (exact) mass is 429 g/mol. The van der Waals surface area contributed by atoms with E-state index < -0.39 is 42.4 Å². The van der Waals surface area contributed by atoms with Crippen molar-refractivity contribution in [2.45, 2.75) is 19.0 Å². The van der Waals surface area contributed by atoms with Crippen molar-refractivity contribution in [3.05, 3.63) is 18.0 Å². The van der Waals surface area contributed by atoms with Crippen molar-refractivity contribution in [1.29, 1.82) is 0 Å². The van der Waals surface area contributed by atoms with Gasteiger partial charge in [0, 0.05) is 20.1 Å². The number of carbonyl (C=O) groups excluding carboxylic acids is 3. The summed E-state index contributed by atoms with van der Waals surface area (Å²) in [4.78, 5) is 36.3. The Kier molecular flexibility index (Phi) is 6.03. The Bertz CT molecular complexity index is 954. The van der Waals surface area contributed by atoms with E-state index in [1.807, 2.05) is 5.32 Å². The number of ether oxygens (including phenoxy) is 1. The van der Waals surface area contributed by atoms with Crippen LogP contribution in [-0.4, -0.2) is 64.5 Å². The second-order valence-corrected chi connectivity index (χ2v) is 6.48. The van der Waals surface area contributed by atoms with Crippen molar-refractivity contribution in [3.63, 3.8) is 0 Å². The van der Waals surface area contributed by atoms with E-state index >= 15 is 0 Å². The number of nitrogens with one attached hydrogen (secondary N) is 2. The number of halogens is 3. The Morgan fingerprint density at radius 1 is 1.20 bits per heavy atom. The summed E-state index contributed by atoms with van der Waals surface area (Å²) in [7, 11) is 1.34. The van der Waals surface area contributed by atoms with Gasteiger partial charge in [-0.15, -0.1) is 15.3 Å². The first-order valence-corrected chi connectivity index (χ1v) is 8.92. The fraction of sp³-hybridized carbons (Fsp3) is 0.500. The van der Waals surface area contributed by atoms with Gasteiger partial charge in [-0.3, -0.25) is 14.9 Å². The maximum Gasteiger partial charge on any atom is 0.453 e. The van der Waals surface area contributed by atoms with Crippen molar-refractivity contribution in [2.75, 3.05) is 31.6 Å². The molecule has 0 aliphatic carbocycles. The number of urea groups is 1. The van der Waals surface area contributed by atoms with Crippen molar-refractivity contribution in [2.24, 2.45) is 5.92 Å². The normalized spacial score (nSPS) is 15.1. The molecule has 11 nitrogen and oxygen atoms in total. The molecule has 3 rings (SSSR count). The smallest absolute Gasteiger partial charge is 0.453 e. The number of amides is 3. The van der Waals surface area contributed by atoms with E-state index in [-0.39, 0.29) is 5.65 Å². The predicted octanol–water partition coefficient (Wildman–Crippen LogP) is 0.358. The fourth-order valence-corrected chi connectivity index (χ4v) is 2.95. The number of anilines is 1. The average Bonchev–Trinajstić information content (AvgIpc) is 3.15. The predicted molar refractivity (Wildman–Crippen MR) is 94.3 cm³/mol. The number of aromatic nitrogens is 4. The third-order valence-corrected chi connectivity index (χ3v) is 4.48. The first kappa shape index (κ1) is 21.3. The van der Waals surface area contributed by atoms with Gasteiger partial charge in [-0.1, -0.05) is 0 Å². The number of hydrogen-bond acceptors (Lipinski definition) is 8. The maximum atomic E-state index is 13.0. The fourth-order valence-electron chi connectivity index (χ4n) is 2.95. The Balaban J connectivity index is 1.57. The van der Waals surface area contributed by atoms with Gasteiger partial charge in [-0.2, -0.15) is 17.7 Å². The highest BCUT2D eigenvalue weighted by atomic mass is 19.4. The number of fused-ring (bicyclic) bond motifs is 1. The van der Waals surface area contributed by atoms with Gasteiger partial charge in [-0.05, 0) is 25.0 Å². The third kappa shape index (κ3) is 4.75. The molecule has 30 heavy (non-hydrogen) atoms. The summed E-state index contributed by atoms with van der Waals surface area (Å²) < 4.78 is 44.6. The average molecular weight is 429 g/mol. The van der Waals surface area contributed by atoms with Gasteiger partial charge >= 0.3 is 18.2 Å². The maximum absolute atomic E-state index is 13.0. The summed E-state index contributed by atoms with van der Waals surface area (Å²) in [5, 5.41) is 14.7. The minimum Gasteiger partial charge on any atom is -0.455 e. The molecule has 0 radical (unpaired) electrons. The van der Waals surface area contributed by atoms with Gasteiger partial charge in [0.25, 0.3) is 11.7 Å². The molecule has 162 valence electrons. The Labute approximate surface area is 167 Å². The van der Waals surface area contributed by atoms with Crippen LogP contribution in [-0.2, 0) is 20.5 Å². The molecule has 1 fully saturated rings. The highest BCUT2D eigenvalue weighted by molar-refractivity contribution is 5.95. The van der Waals surface area contributed by atoms with Crippen molar-refractivity contribution >= 4 is 29.4 Å². The van der Waals surface area contributed by atoms with E-state index in [1.54, 1.807) is 4.90 Å². The third-order valence-electron chi connectivity index (χ3n) is 4.48. The van der Waals surface area contributed by atoms with Crippen LogP contribution in [0.15, 0.2) is 12.1 Å². The molecule has 0 atom stereocenters. The zero-order chi connectivity index (χ0) is 21.9. The summed E-state index contributed by atoms with van der Waals surface area (Å²) in [6.07, 6.45) is -3.96. The molecule has 3 heterocycles. The standard InChI is InChI=1S/C16H18F3N7O4/c1-20-15(29)21-12(27)8-30-13(28)9-4-6-25(7-5-9)11-3-2-10-22-23-14(16(17,18)19)26(10)24-11/h2-3,9H,4-8H2,1H3,(H2,20,21,27,29). The number of nitrogens with zero attached hydrogens (tertiary/aromatic N) is 5. The zero-order valence-corrected chi connectivity index (χ0v) is 15.8. The van der Waals surface area contributed by atoms with Gasteiger partial charge in [0.1, 0.15) is 5.82 Å². The first-order chi connectivity index (χ1) is 14.2. The van der Waals surface area contributed by atoms with E-state index in [0.717, 1.165) is 0 Å². The van der Waals surface area contributed by atoms with Crippen LogP contribution in [0.3, 0.4) is 0 Å². The van der Waals surface area contributed by atoms with Gasteiger partial charge in [0.15, 0.2) is 12.3 Å². The number of rotatable bonds is 4. The molecule has 1 saturated heterocycles. The van der Waals surface area contributed by atoms with Gasteiger partial charge in [0.05, 0.1) is 5.92 Å². The molecule has 0 bridgehead atoms. The summed E-state index contributed by atoms with van der Waals surface area (Å²) in [6, 6.07) is 2.21. The van der Waals surface area contributed by atoms with Crippen LogP contribution >= 0.6 is 0 Å². The van der Waals surface area contributed by atoms with Gasteiger partial charge < -0.3 is 15.0 Å². The van der Waals surface area contributed by atoms with Crippen LogP contribution in [0, 0.1) is 5.92 Å². The second-order valence-electron chi connectivity index (χ2n) is 6.48. The molecule has 2 aromatic heterocycles. The number of piperidine rings is 1. The zero-order valence-electron chi connectivity index (χ0n) is 15.8. The van der Waals surface area contributed by atoms with Gasteiger partial charge in [-0.25, -0.2) is 4.79 Å². The molecular formula is C16H18F3N7O4. The molecule has 3 amide bonds. The molecule has 0 unspecified atom stereocenters. The minimum atomic E-state index is -4.69. The van der Waals surface area contributed by atoms with E-state index in [4.69, 9.17) is 4.74 Å². The molecular weight excluding hydrogens is 411 g/mol. The lowest BCUT2D eigenvalue weighted by Gasteiger charge is -2.31. The number of imide groups is 1. The summed E-state index contributed by atoms with van der Waals surface area (Å²) in [6.45, 7) is 0.122. The quantitative estimate of drug-likeness (QED) is 0.666. The molecule has 0 saturated carbocycles. The lowest BCUT2D eigenvalue weighted by atomic mass is 9.97. The van der Waals surface area contributed by atoms with Gasteiger partial charge in [0.2, 0.25) is 0 Å². The molecule has 1 aliphatic rings. The molecule has 0 spiro atoms. The largest absolute Gasteiger partial charge is 0.455 e. The molecule has 1 aliphatic heterocycles. The van der Waals surface area contributed by atoms with E-state index in [0.29, 0.717) is 36.3 Å². The second kappa shape index (κ2) is 8.51. The highest BCUT2D eigenvalue weighted by Gasteiger charge is 2.38. The van der Waals surface area contributed by atoms with Crippen LogP contribution in [0.1, 0.15) is 18.7 Å². The Hall–Kier alpha value is -3.45. The minimum absolute atomic E-state index is 0.0282. The van der Waals surface area contributed by atoms with Crippen molar-refractivity contribution < 1.29 is 32.3 Å².